The van der Waals surface area contributed by atoms with Crippen LogP contribution in [0.4, 0.5) is 19.0 Å². The van der Waals surface area contributed by atoms with E-state index in [1.165, 1.54) is 13.3 Å². The molecule has 2 aromatic rings. The second kappa shape index (κ2) is 6.54. The molecule has 1 aromatic heterocycles. The summed E-state index contributed by atoms with van der Waals surface area (Å²) in [6.07, 6.45) is -2.09. The molecule has 1 aromatic carbocycles. The van der Waals surface area contributed by atoms with E-state index in [2.05, 4.69) is 10.1 Å². The molecule has 0 aliphatic heterocycles. The Morgan fingerprint density at radius 3 is 2.55 bits per heavy atom. The fourth-order valence-electron chi connectivity index (χ4n) is 1.68. The van der Waals surface area contributed by atoms with E-state index in [1.54, 1.807) is 24.3 Å². The molecule has 2 rings (SSSR count). The van der Waals surface area contributed by atoms with Crippen LogP contribution in [0.5, 0.6) is 0 Å². The molecular weight excluding hydrogens is 338 g/mol. The van der Waals surface area contributed by atoms with Crippen molar-refractivity contribution in [2.75, 3.05) is 12.1 Å². The van der Waals surface area contributed by atoms with Gasteiger partial charge in [0.2, 0.25) is 0 Å². The van der Waals surface area contributed by atoms with Crippen LogP contribution in [0.25, 0.3) is 0 Å². The molecule has 0 amide bonds. The lowest BCUT2D eigenvalue weighted by atomic mass is 10.2. The number of hydrogen-bond donors (Lipinski definition) is 0. The zero-order valence-electron chi connectivity index (χ0n) is 11.3. The molecule has 0 unspecified atom stereocenters. The number of rotatable bonds is 3. The number of pyridine rings is 1. The van der Waals surface area contributed by atoms with Gasteiger partial charge in [-0.15, -0.1) is 0 Å². The number of benzene rings is 1. The Bertz CT molecular complexity index is 702. The van der Waals surface area contributed by atoms with Crippen LogP contribution in [0.1, 0.15) is 11.1 Å². The molecule has 0 aliphatic rings. The number of hydrogen-bond acceptors (Lipinski definition) is 3. The highest BCUT2D eigenvalue weighted by Crippen LogP contribution is 2.36. The Kier molecular flexibility index (Phi) is 4.93. The van der Waals surface area contributed by atoms with Crippen molar-refractivity contribution in [1.29, 1.82) is 0 Å². The summed E-state index contributed by atoms with van der Waals surface area (Å²) in [4.78, 5) is 3.71. The van der Waals surface area contributed by atoms with Gasteiger partial charge in [-0.25, -0.2) is 4.98 Å². The van der Waals surface area contributed by atoms with Crippen LogP contribution in [0.3, 0.4) is 0 Å². The SMILES string of the molecule is CN(/N=C/c1ccccc1Cl)c1ncc(Cl)cc1C(F)(F)F. The Hall–Kier alpha value is -1.79. The maximum Gasteiger partial charge on any atom is 0.420 e. The predicted molar refractivity (Wildman–Crippen MR) is 81.7 cm³/mol. The molecule has 1 heterocycles. The van der Waals surface area contributed by atoms with Crippen LogP contribution >= 0.6 is 23.2 Å². The summed E-state index contributed by atoms with van der Waals surface area (Å²) >= 11 is 11.5. The monoisotopic (exact) mass is 347 g/mol. The van der Waals surface area contributed by atoms with Crippen LogP contribution in [-0.2, 0) is 6.18 Å². The van der Waals surface area contributed by atoms with Gasteiger partial charge in [0.15, 0.2) is 5.82 Å². The third-order valence-corrected chi connectivity index (χ3v) is 3.27. The summed E-state index contributed by atoms with van der Waals surface area (Å²) in [5, 5.41) is 5.31. The van der Waals surface area contributed by atoms with Crippen molar-refractivity contribution < 1.29 is 13.2 Å². The summed E-state index contributed by atoms with van der Waals surface area (Å²) < 4.78 is 39.1. The van der Waals surface area contributed by atoms with Crippen molar-refractivity contribution in [2.45, 2.75) is 6.18 Å². The minimum Gasteiger partial charge on any atom is -0.251 e. The highest BCUT2D eigenvalue weighted by Gasteiger charge is 2.35. The van der Waals surface area contributed by atoms with Gasteiger partial charge in [-0.3, -0.25) is 5.01 Å². The molecule has 0 atom stereocenters. The number of aromatic nitrogens is 1. The van der Waals surface area contributed by atoms with Gasteiger partial charge in [-0.1, -0.05) is 41.4 Å². The Morgan fingerprint density at radius 1 is 1.23 bits per heavy atom. The lowest BCUT2D eigenvalue weighted by molar-refractivity contribution is -0.137. The summed E-state index contributed by atoms with van der Waals surface area (Å²) in [6, 6.07) is 7.65. The van der Waals surface area contributed by atoms with Gasteiger partial charge in [0, 0.05) is 23.8 Å². The number of alkyl halides is 3. The van der Waals surface area contributed by atoms with Crippen molar-refractivity contribution in [2.24, 2.45) is 5.10 Å². The fourth-order valence-corrected chi connectivity index (χ4v) is 2.02. The zero-order valence-corrected chi connectivity index (χ0v) is 12.8. The van der Waals surface area contributed by atoms with Crippen LogP contribution in [0.2, 0.25) is 10.0 Å². The molecule has 0 saturated carbocycles. The normalized spacial score (nSPS) is 11.9. The second-order valence-corrected chi connectivity index (χ2v) is 5.16. The average molecular weight is 348 g/mol. The van der Waals surface area contributed by atoms with E-state index < -0.39 is 11.7 Å². The lowest BCUT2D eigenvalue weighted by Gasteiger charge is -2.17. The van der Waals surface area contributed by atoms with E-state index in [-0.39, 0.29) is 10.8 Å². The van der Waals surface area contributed by atoms with E-state index in [0.717, 1.165) is 17.3 Å². The van der Waals surface area contributed by atoms with Gasteiger partial charge in [0.05, 0.1) is 11.2 Å². The molecule has 3 nitrogen and oxygen atoms in total. The van der Waals surface area contributed by atoms with E-state index in [0.29, 0.717) is 10.6 Å². The maximum absolute atomic E-state index is 13.0. The van der Waals surface area contributed by atoms with Crippen molar-refractivity contribution in [3.8, 4) is 0 Å². The summed E-state index contributed by atoms with van der Waals surface area (Å²) in [5.74, 6) is -0.347. The van der Waals surface area contributed by atoms with Crippen molar-refractivity contribution in [3.63, 3.8) is 0 Å². The smallest absolute Gasteiger partial charge is 0.251 e. The molecule has 0 aliphatic carbocycles. The number of halogens is 5. The zero-order chi connectivity index (χ0) is 16.3. The second-order valence-electron chi connectivity index (χ2n) is 4.31. The molecule has 0 saturated heterocycles. The van der Waals surface area contributed by atoms with Gasteiger partial charge in [0.1, 0.15) is 5.56 Å². The van der Waals surface area contributed by atoms with Crippen LogP contribution in [-0.4, -0.2) is 18.2 Å². The highest BCUT2D eigenvalue weighted by atomic mass is 35.5. The third kappa shape index (κ3) is 3.90. The van der Waals surface area contributed by atoms with Gasteiger partial charge in [-0.05, 0) is 12.1 Å². The van der Waals surface area contributed by atoms with Crippen molar-refractivity contribution in [1.82, 2.24) is 4.98 Å². The molecule has 8 heteroatoms. The standard InChI is InChI=1S/C14H10Cl2F3N3/c1-22(21-7-9-4-2-3-5-12(9)16)13-11(14(17,18)19)6-10(15)8-20-13/h2-8H,1H3/b21-7+. The minimum atomic E-state index is -4.58. The first-order valence-electron chi connectivity index (χ1n) is 6.04. The molecule has 0 spiro atoms. The Labute approximate surface area is 135 Å². The fraction of sp³-hybridized carbons (Fsp3) is 0.143. The van der Waals surface area contributed by atoms with Crippen LogP contribution in [0.15, 0.2) is 41.6 Å². The van der Waals surface area contributed by atoms with E-state index in [4.69, 9.17) is 23.2 Å². The van der Waals surface area contributed by atoms with E-state index in [9.17, 15) is 13.2 Å². The molecule has 0 N–H and O–H groups in total. The summed E-state index contributed by atoms with van der Waals surface area (Å²) in [6.45, 7) is 0. The van der Waals surface area contributed by atoms with Gasteiger partial charge >= 0.3 is 6.18 Å². The Balaban J connectivity index is 2.34. The average Bonchev–Trinajstić information content (AvgIpc) is 2.45. The Morgan fingerprint density at radius 2 is 1.91 bits per heavy atom. The van der Waals surface area contributed by atoms with Crippen molar-refractivity contribution >= 4 is 35.2 Å². The highest BCUT2D eigenvalue weighted by molar-refractivity contribution is 6.33. The molecular formula is C14H10Cl2F3N3. The van der Waals surface area contributed by atoms with Gasteiger partial charge in [-0.2, -0.15) is 18.3 Å². The molecule has 0 bridgehead atoms. The van der Waals surface area contributed by atoms with E-state index in [1.807, 2.05) is 0 Å². The first-order valence-corrected chi connectivity index (χ1v) is 6.79. The van der Waals surface area contributed by atoms with Gasteiger partial charge in [0.25, 0.3) is 0 Å². The molecule has 116 valence electrons. The molecule has 22 heavy (non-hydrogen) atoms. The maximum atomic E-state index is 13.0. The largest absolute Gasteiger partial charge is 0.420 e. The van der Waals surface area contributed by atoms with Crippen LogP contribution in [0, 0.1) is 0 Å². The number of hydrazone groups is 1. The summed E-state index contributed by atoms with van der Waals surface area (Å²) in [5.41, 5.74) is -0.377. The quantitative estimate of drug-likeness (QED) is 0.584. The molecule has 0 fully saturated rings. The van der Waals surface area contributed by atoms with Gasteiger partial charge < -0.3 is 0 Å². The first kappa shape index (κ1) is 16.6. The lowest BCUT2D eigenvalue weighted by Crippen LogP contribution is -2.18. The first-order chi connectivity index (χ1) is 10.3. The van der Waals surface area contributed by atoms with Crippen molar-refractivity contribution in [3.05, 3.63) is 57.7 Å². The molecule has 0 radical (unpaired) electrons. The van der Waals surface area contributed by atoms with Crippen LogP contribution < -0.4 is 5.01 Å². The van der Waals surface area contributed by atoms with E-state index >= 15 is 0 Å². The summed E-state index contributed by atoms with van der Waals surface area (Å²) in [7, 11) is 1.36. The number of nitrogens with zero attached hydrogens (tertiary/aromatic N) is 3. The topological polar surface area (TPSA) is 28.5 Å². The third-order valence-electron chi connectivity index (χ3n) is 2.72. The minimum absolute atomic E-state index is 0.0976. The predicted octanol–water partition coefficient (Wildman–Crippen LogP) is 4.88. The number of anilines is 1.